The lowest BCUT2D eigenvalue weighted by atomic mass is 10.1. The van der Waals surface area contributed by atoms with E-state index in [1.807, 2.05) is 0 Å². The molecule has 0 saturated heterocycles. The number of allylic oxidation sites excluding steroid dienone is 1. The maximum absolute atomic E-state index is 12.2. The highest BCUT2D eigenvalue weighted by molar-refractivity contribution is 6.05. The van der Waals surface area contributed by atoms with Gasteiger partial charge in [-0.05, 0) is 54.6 Å². The first-order valence-electron chi connectivity index (χ1n) is 8.51. The smallest absolute Gasteiger partial charge is 0.291 e. The number of carbonyl (C=O) groups excluding carboxylic acids is 2. The van der Waals surface area contributed by atoms with Gasteiger partial charge in [-0.15, -0.1) is 0 Å². The van der Waals surface area contributed by atoms with Crippen LogP contribution in [0.1, 0.15) is 20.9 Å². The Hall–Kier alpha value is -4.00. The molecule has 0 saturated carbocycles. The van der Waals surface area contributed by atoms with E-state index in [0.717, 1.165) is 5.69 Å². The van der Waals surface area contributed by atoms with Gasteiger partial charge in [0.2, 0.25) is 6.79 Å². The van der Waals surface area contributed by atoms with Crippen LogP contribution in [0.2, 0.25) is 0 Å². The van der Waals surface area contributed by atoms with Crippen LogP contribution in [-0.4, -0.2) is 18.5 Å². The Morgan fingerprint density at radius 2 is 1.71 bits per heavy atom. The molecule has 0 fully saturated rings. The van der Waals surface area contributed by atoms with Gasteiger partial charge >= 0.3 is 0 Å². The minimum Gasteiger partial charge on any atom is -0.459 e. The quantitative estimate of drug-likeness (QED) is 0.498. The predicted molar refractivity (Wildman–Crippen MR) is 103 cm³/mol. The fourth-order valence-corrected chi connectivity index (χ4v) is 2.61. The Bertz CT molecular complexity index is 1020. The van der Waals surface area contributed by atoms with Gasteiger partial charge in [0.05, 0.1) is 6.26 Å². The van der Waals surface area contributed by atoms with Gasteiger partial charge in [-0.1, -0.05) is 0 Å². The maximum Gasteiger partial charge on any atom is 0.291 e. The molecular weight excluding hydrogens is 360 g/mol. The van der Waals surface area contributed by atoms with E-state index in [1.165, 1.54) is 12.3 Å². The number of nitrogens with one attached hydrogen (secondary N) is 2. The lowest BCUT2D eigenvalue weighted by Crippen LogP contribution is -2.10. The Morgan fingerprint density at radius 1 is 0.929 bits per heavy atom. The van der Waals surface area contributed by atoms with E-state index in [1.54, 1.807) is 60.8 Å². The molecule has 2 N–H and O–H groups in total. The van der Waals surface area contributed by atoms with Crippen molar-refractivity contribution in [2.75, 3.05) is 17.4 Å². The van der Waals surface area contributed by atoms with Crippen LogP contribution in [0.15, 0.2) is 77.6 Å². The first-order valence-corrected chi connectivity index (χ1v) is 8.51. The maximum atomic E-state index is 12.2. The summed E-state index contributed by atoms with van der Waals surface area (Å²) in [4.78, 5) is 24.2. The standard InChI is InChI=1S/C21H16N2O5/c24-17(14-3-8-18-20(12-14)28-13-27-18)9-10-22-15-4-6-16(7-5-15)23-21(25)19-2-1-11-26-19/h1-12,22H,13H2,(H,23,25)/b10-9+. The molecule has 0 aliphatic carbocycles. The molecule has 1 aliphatic rings. The molecule has 0 unspecified atom stereocenters. The first-order chi connectivity index (χ1) is 13.7. The third-order valence-electron chi connectivity index (χ3n) is 4.03. The van der Waals surface area contributed by atoms with Crippen LogP contribution in [0.4, 0.5) is 11.4 Å². The van der Waals surface area contributed by atoms with Gasteiger partial charge in [-0.2, -0.15) is 0 Å². The van der Waals surface area contributed by atoms with Crippen LogP contribution in [-0.2, 0) is 0 Å². The lowest BCUT2D eigenvalue weighted by molar-refractivity contribution is 0.0995. The fraction of sp³-hybridized carbons (Fsp3) is 0.0476. The van der Waals surface area contributed by atoms with Crippen molar-refractivity contribution in [1.82, 2.24) is 0 Å². The SMILES string of the molecule is O=C(/C=C/Nc1ccc(NC(=O)c2ccco2)cc1)c1ccc2c(c1)OCO2. The fourth-order valence-electron chi connectivity index (χ4n) is 2.61. The summed E-state index contributed by atoms with van der Waals surface area (Å²) >= 11 is 0. The average Bonchev–Trinajstić information content (AvgIpc) is 3.40. The summed E-state index contributed by atoms with van der Waals surface area (Å²) in [6, 6.07) is 15.4. The summed E-state index contributed by atoms with van der Waals surface area (Å²) in [5, 5.41) is 5.75. The van der Waals surface area contributed by atoms with Gasteiger partial charge in [0, 0.05) is 29.2 Å². The lowest BCUT2D eigenvalue weighted by Gasteiger charge is -2.05. The summed E-state index contributed by atoms with van der Waals surface area (Å²) < 4.78 is 15.6. The van der Waals surface area contributed by atoms with Crippen molar-refractivity contribution in [1.29, 1.82) is 0 Å². The number of rotatable bonds is 6. The van der Waals surface area contributed by atoms with Crippen molar-refractivity contribution in [3.63, 3.8) is 0 Å². The Kier molecular flexibility index (Phi) is 4.79. The molecular formula is C21H16N2O5. The van der Waals surface area contributed by atoms with Crippen molar-refractivity contribution >= 4 is 23.1 Å². The molecule has 28 heavy (non-hydrogen) atoms. The molecule has 140 valence electrons. The monoisotopic (exact) mass is 376 g/mol. The molecule has 1 aromatic heterocycles. The molecule has 7 heteroatoms. The second kappa shape index (κ2) is 7.71. The topological polar surface area (TPSA) is 89.8 Å². The Balaban J connectivity index is 1.33. The molecule has 1 aliphatic heterocycles. The summed E-state index contributed by atoms with van der Waals surface area (Å²) in [6.07, 6.45) is 4.44. The zero-order chi connectivity index (χ0) is 19.3. The highest BCUT2D eigenvalue weighted by Crippen LogP contribution is 2.32. The highest BCUT2D eigenvalue weighted by atomic mass is 16.7. The van der Waals surface area contributed by atoms with E-state index >= 15 is 0 Å². The number of benzene rings is 2. The van der Waals surface area contributed by atoms with Crippen LogP contribution in [0, 0.1) is 0 Å². The average molecular weight is 376 g/mol. The second-order valence-electron chi connectivity index (χ2n) is 5.92. The van der Waals surface area contributed by atoms with Gasteiger partial charge in [0.25, 0.3) is 5.91 Å². The van der Waals surface area contributed by atoms with Crippen LogP contribution < -0.4 is 20.1 Å². The molecule has 0 spiro atoms. The number of ether oxygens (including phenoxy) is 2. The zero-order valence-corrected chi connectivity index (χ0v) is 14.7. The molecule has 2 heterocycles. The number of fused-ring (bicyclic) bond motifs is 1. The molecule has 0 bridgehead atoms. The van der Waals surface area contributed by atoms with E-state index in [2.05, 4.69) is 10.6 Å². The number of furan rings is 1. The van der Waals surface area contributed by atoms with Gasteiger partial charge in [0.1, 0.15) is 0 Å². The van der Waals surface area contributed by atoms with Crippen LogP contribution >= 0.6 is 0 Å². The molecule has 7 nitrogen and oxygen atoms in total. The highest BCUT2D eigenvalue weighted by Gasteiger charge is 2.15. The summed E-state index contributed by atoms with van der Waals surface area (Å²) in [5.74, 6) is 0.970. The molecule has 4 rings (SSSR count). The molecule has 2 aromatic carbocycles. The van der Waals surface area contributed by atoms with Crippen molar-refractivity contribution in [3.05, 3.63) is 84.5 Å². The third kappa shape index (κ3) is 3.88. The molecule has 1 amide bonds. The van der Waals surface area contributed by atoms with Gasteiger partial charge < -0.3 is 24.5 Å². The second-order valence-corrected chi connectivity index (χ2v) is 5.92. The van der Waals surface area contributed by atoms with Gasteiger partial charge in [0.15, 0.2) is 23.0 Å². The van der Waals surface area contributed by atoms with E-state index in [-0.39, 0.29) is 24.2 Å². The number of ketones is 1. The predicted octanol–water partition coefficient (Wildman–Crippen LogP) is 4.07. The van der Waals surface area contributed by atoms with Crippen molar-refractivity contribution in [2.45, 2.75) is 0 Å². The van der Waals surface area contributed by atoms with Gasteiger partial charge in [-0.25, -0.2) is 0 Å². The van der Waals surface area contributed by atoms with Crippen LogP contribution in [0.25, 0.3) is 0 Å². The summed E-state index contributed by atoms with van der Waals surface area (Å²) in [7, 11) is 0. The summed E-state index contributed by atoms with van der Waals surface area (Å²) in [5.41, 5.74) is 1.91. The van der Waals surface area contributed by atoms with E-state index < -0.39 is 0 Å². The molecule has 0 radical (unpaired) electrons. The zero-order valence-electron chi connectivity index (χ0n) is 14.7. The normalized spacial score (nSPS) is 12.1. The third-order valence-corrected chi connectivity index (χ3v) is 4.03. The molecule has 3 aromatic rings. The molecule has 0 atom stereocenters. The minimum absolute atomic E-state index is 0.159. The number of hydrogen-bond acceptors (Lipinski definition) is 6. The van der Waals surface area contributed by atoms with Crippen molar-refractivity contribution < 1.29 is 23.5 Å². The van der Waals surface area contributed by atoms with Gasteiger partial charge in [-0.3, -0.25) is 9.59 Å². The number of amides is 1. The van der Waals surface area contributed by atoms with Crippen molar-refractivity contribution in [2.24, 2.45) is 0 Å². The Morgan fingerprint density at radius 3 is 2.50 bits per heavy atom. The minimum atomic E-state index is -0.320. The summed E-state index contributed by atoms with van der Waals surface area (Å²) in [6.45, 7) is 0.169. The van der Waals surface area contributed by atoms with Crippen LogP contribution in [0.3, 0.4) is 0 Å². The van der Waals surface area contributed by atoms with E-state index in [9.17, 15) is 9.59 Å². The van der Waals surface area contributed by atoms with E-state index in [0.29, 0.717) is 22.7 Å². The number of carbonyl (C=O) groups is 2. The Labute approximate surface area is 160 Å². The number of hydrogen-bond donors (Lipinski definition) is 2. The number of anilines is 2. The first kappa shape index (κ1) is 17.4. The van der Waals surface area contributed by atoms with E-state index in [4.69, 9.17) is 13.9 Å². The largest absolute Gasteiger partial charge is 0.459 e. The van der Waals surface area contributed by atoms with Crippen molar-refractivity contribution in [3.8, 4) is 11.5 Å². The van der Waals surface area contributed by atoms with Crippen LogP contribution in [0.5, 0.6) is 11.5 Å².